The van der Waals surface area contributed by atoms with Gasteiger partial charge in [-0.05, 0) is 19.4 Å². The minimum absolute atomic E-state index is 0.176. The molecule has 2 fully saturated rings. The third kappa shape index (κ3) is 2.51. The number of piperidine rings is 1. The van der Waals surface area contributed by atoms with Crippen molar-refractivity contribution in [3.05, 3.63) is 35.9 Å². The van der Waals surface area contributed by atoms with E-state index >= 15 is 0 Å². The average molecular weight is 233 g/mol. The summed E-state index contributed by atoms with van der Waals surface area (Å²) in [4.78, 5) is 0. The van der Waals surface area contributed by atoms with Crippen LogP contribution < -0.4 is 5.32 Å². The van der Waals surface area contributed by atoms with Crippen molar-refractivity contribution in [3.63, 3.8) is 0 Å². The van der Waals surface area contributed by atoms with Gasteiger partial charge in [0.1, 0.15) is 0 Å². The number of nitrogens with one attached hydrogen (secondary N) is 1. The maximum Gasteiger partial charge on any atom is 0.184 e. The average Bonchev–Trinajstić information content (AvgIpc) is 2.90. The summed E-state index contributed by atoms with van der Waals surface area (Å²) in [5.74, 6) is 0. The number of benzene rings is 1. The van der Waals surface area contributed by atoms with Crippen molar-refractivity contribution in [2.45, 2.75) is 37.7 Å². The Hall–Kier alpha value is -0.900. The summed E-state index contributed by atoms with van der Waals surface area (Å²) in [6, 6.07) is 10.6. The van der Waals surface area contributed by atoms with Gasteiger partial charge in [0.05, 0.1) is 12.7 Å². The molecular formula is C14H19NO2. The van der Waals surface area contributed by atoms with Crippen LogP contribution >= 0.6 is 0 Å². The van der Waals surface area contributed by atoms with Crippen molar-refractivity contribution >= 4 is 0 Å². The van der Waals surface area contributed by atoms with E-state index in [9.17, 15) is 0 Å². The Morgan fingerprint density at radius 3 is 2.76 bits per heavy atom. The molecule has 2 aliphatic heterocycles. The van der Waals surface area contributed by atoms with Crippen LogP contribution in [0.5, 0.6) is 0 Å². The van der Waals surface area contributed by atoms with E-state index in [1.165, 1.54) is 19.3 Å². The van der Waals surface area contributed by atoms with Crippen LogP contribution in [0.25, 0.3) is 0 Å². The van der Waals surface area contributed by atoms with Gasteiger partial charge in [-0.2, -0.15) is 0 Å². The summed E-state index contributed by atoms with van der Waals surface area (Å²) >= 11 is 0. The van der Waals surface area contributed by atoms with Crippen molar-refractivity contribution in [2.24, 2.45) is 0 Å². The molecule has 0 spiro atoms. The summed E-state index contributed by atoms with van der Waals surface area (Å²) < 4.78 is 11.7. The molecule has 0 saturated carbocycles. The Morgan fingerprint density at radius 2 is 2.00 bits per heavy atom. The van der Waals surface area contributed by atoms with Gasteiger partial charge in [0.15, 0.2) is 6.29 Å². The predicted molar refractivity (Wildman–Crippen MR) is 65.6 cm³/mol. The highest BCUT2D eigenvalue weighted by molar-refractivity contribution is 5.16. The van der Waals surface area contributed by atoms with Gasteiger partial charge in [0, 0.05) is 11.6 Å². The Kier molecular flexibility index (Phi) is 3.41. The summed E-state index contributed by atoms with van der Waals surface area (Å²) in [5, 5.41) is 3.53. The number of hydrogen-bond acceptors (Lipinski definition) is 3. The van der Waals surface area contributed by atoms with Gasteiger partial charge in [-0.15, -0.1) is 0 Å². The standard InChI is InChI=1S/C14H19NO2/c1-2-6-11(7-3-1)14-16-10-13(17-14)12-8-4-5-9-15-12/h1-3,6-7,12-15H,4-5,8-10H2/t12-,13-,14-/m1/s1. The summed E-state index contributed by atoms with van der Waals surface area (Å²) in [6.07, 6.45) is 3.82. The van der Waals surface area contributed by atoms with E-state index in [0.717, 1.165) is 12.1 Å². The van der Waals surface area contributed by atoms with E-state index in [2.05, 4.69) is 17.4 Å². The largest absolute Gasteiger partial charge is 0.346 e. The highest BCUT2D eigenvalue weighted by Crippen LogP contribution is 2.29. The van der Waals surface area contributed by atoms with Gasteiger partial charge in [0.25, 0.3) is 0 Å². The first-order valence-corrected chi connectivity index (χ1v) is 6.49. The number of ether oxygens (including phenoxy) is 2. The lowest BCUT2D eigenvalue weighted by molar-refractivity contribution is -0.0668. The normalized spacial score (nSPS) is 33.8. The quantitative estimate of drug-likeness (QED) is 0.849. The van der Waals surface area contributed by atoms with Crippen molar-refractivity contribution in [1.82, 2.24) is 5.32 Å². The first kappa shape index (κ1) is 11.2. The summed E-state index contributed by atoms with van der Waals surface area (Å²) in [7, 11) is 0. The smallest absolute Gasteiger partial charge is 0.184 e. The van der Waals surface area contributed by atoms with Crippen molar-refractivity contribution in [2.75, 3.05) is 13.2 Å². The summed E-state index contributed by atoms with van der Waals surface area (Å²) in [5.41, 5.74) is 1.12. The maximum atomic E-state index is 6.00. The second-order valence-corrected chi connectivity index (χ2v) is 4.81. The zero-order chi connectivity index (χ0) is 11.5. The van der Waals surface area contributed by atoms with Gasteiger partial charge in [0.2, 0.25) is 0 Å². The van der Waals surface area contributed by atoms with E-state index in [1.54, 1.807) is 0 Å². The first-order chi connectivity index (χ1) is 8.43. The molecule has 0 bridgehead atoms. The molecule has 1 aromatic carbocycles. The molecule has 0 amide bonds. The maximum absolute atomic E-state index is 6.00. The van der Waals surface area contributed by atoms with E-state index in [1.807, 2.05) is 18.2 Å². The van der Waals surface area contributed by atoms with Crippen molar-refractivity contribution in [1.29, 1.82) is 0 Å². The third-order valence-corrected chi connectivity index (χ3v) is 3.58. The van der Waals surface area contributed by atoms with Crippen LogP contribution in [0.3, 0.4) is 0 Å². The van der Waals surface area contributed by atoms with Gasteiger partial charge >= 0.3 is 0 Å². The fourth-order valence-corrected chi connectivity index (χ4v) is 2.61. The molecule has 1 aromatic rings. The van der Waals surface area contributed by atoms with Crippen molar-refractivity contribution in [3.8, 4) is 0 Å². The lowest BCUT2D eigenvalue weighted by Crippen LogP contribution is -2.44. The predicted octanol–water partition coefficient (Wildman–Crippen LogP) is 2.24. The molecule has 3 heteroatoms. The van der Waals surface area contributed by atoms with Crippen LogP contribution in [0.4, 0.5) is 0 Å². The number of rotatable bonds is 2. The molecule has 0 unspecified atom stereocenters. The van der Waals surface area contributed by atoms with Crippen molar-refractivity contribution < 1.29 is 9.47 Å². The van der Waals surface area contributed by atoms with Crippen LogP contribution in [0.2, 0.25) is 0 Å². The van der Waals surface area contributed by atoms with Crippen LogP contribution in [0.15, 0.2) is 30.3 Å². The Bertz CT molecular complexity index is 348. The van der Waals surface area contributed by atoms with Crippen LogP contribution in [0, 0.1) is 0 Å². The SMILES string of the molecule is c1ccc([C@@H]2OC[C@H]([C@H]3CCCCN3)O2)cc1. The molecule has 3 rings (SSSR count). The molecule has 3 atom stereocenters. The zero-order valence-electron chi connectivity index (χ0n) is 9.97. The van der Waals surface area contributed by atoms with Crippen LogP contribution in [0.1, 0.15) is 31.1 Å². The molecule has 2 saturated heterocycles. The molecule has 2 aliphatic rings. The molecule has 92 valence electrons. The highest BCUT2D eigenvalue weighted by Gasteiger charge is 2.33. The molecule has 0 aromatic heterocycles. The Labute approximate surface area is 102 Å². The van der Waals surface area contributed by atoms with Crippen LogP contribution in [-0.2, 0) is 9.47 Å². The Balaban J connectivity index is 1.61. The van der Waals surface area contributed by atoms with E-state index in [0.29, 0.717) is 12.6 Å². The fraction of sp³-hybridized carbons (Fsp3) is 0.571. The molecule has 1 N–H and O–H groups in total. The van der Waals surface area contributed by atoms with E-state index < -0.39 is 0 Å². The number of hydrogen-bond donors (Lipinski definition) is 1. The van der Waals surface area contributed by atoms with Crippen LogP contribution in [-0.4, -0.2) is 25.3 Å². The molecule has 0 aliphatic carbocycles. The van der Waals surface area contributed by atoms with Gasteiger partial charge in [-0.1, -0.05) is 36.8 Å². The molecule has 17 heavy (non-hydrogen) atoms. The van der Waals surface area contributed by atoms with Gasteiger partial charge in [-0.3, -0.25) is 0 Å². The topological polar surface area (TPSA) is 30.5 Å². The molecule has 2 heterocycles. The second kappa shape index (κ2) is 5.17. The zero-order valence-corrected chi connectivity index (χ0v) is 9.97. The minimum Gasteiger partial charge on any atom is -0.346 e. The van der Waals surface area contributed by atoms with Gasteiger partial charge < -0.3 is 14.8 Å². The van der Waals surface area contributed by atoms with E-state index in [-0.39, 0.29) is 12.4 Å². The summed E-state index contributed by atoms with van der Waals surface area (Å²) in [6.45, 7) is 1.82. The highest BCUT2D eigenvalue weighted by atomic mass is 16.7. The molecular weight excluding hydrogens is 214 g/mol. The van der Waals surface area contributed by atoms with Gasteiger partial charge in [-0.25, -0.2) is 0 Å². The third-order valence-electron chi connectivity index (χ3n) is 3.58. The second-order valence-electron chi connectivity index (χ2n) is 4.81. The minimum atomic E-state index is -0.176. The first-order valence-electron chi connectivity index (χ1n) is 6.49. The lowest BCUT2D eigenvalue weighted by Gasteiger charge is -2.27. The van der Waals surface area contributed by atoms with E-state index in [4.69, 9.17) is 9.47 Å². The lowest BCUT2D eigenvalue weighted by atomic mass is 10.0. The molecule has 3 nitrogen and oxygen atoms in total. The monoisotopic (exact) mass is 233 g/mol. The fourth-order valence-electron chi connectivity index (χ4n) is 2.61. The molecule has 0 radical (unpaired) electrons. The Morgan fingerprint density at radius 1 is 1.12 bits per heavy atom.